The fourth-order valence-corrected chi connectivity index (χ4v) is 4.40. The van der Waals surface area contributed by atoms with E-state index in [2.05, 4.69) is 10.3 Å². The van der Waals surface area contributed by atoms with E-state index in [4.69, 9.17) is 4.74 Å². The van der Waals surface area contributed by atoms with Crippen LogP contribution in [0.4, 0.5) is 4.79 Å². The van der Waals surface area contributed by atoms with Gasteiger partial charge in [0, 0.05) is 31.1 Å². The Bertz CT molecular complexity index is 1370. The van der Waals surface area contributed by atoms with E-state index in [0.717, 1.165) is 10.1 Å². The van der Waals surface area contributed by atoms with Crippen molar-refractivity contribution in [3.05, 3.63) is 80.5 Å². The molecule has 1 aliphatic heterocycles. The first-order valence-electron chi connectivity index (χ1n) is 11.7. The molecule has 2 N–H and O–H groups in total. The van der Waals surface area contributed by atoms with Gasteiger partial charge in [0.1, 0.15) is 5.60 Å². The number of hydrogen-bond donors (Lipinski definition) is 2. The molecule has 0 spiro atoms. The Kier molecular flexibility index (Phi) is 6.51. The summed E-state index contributed by atoms with van der Waals surface area (Å²) in [5.74, 6) is -0.478. The lowest BCUT2D eigenvalue weighted by Gasteiger charge is -2.24. The second kappa shape index (κ2) is 9.40. The standard InChI is InChI=1S/C26H30N4O5/c1-5-30-23(32)18-12-11-17(13-20(18)28-24(30)33)22(31)27-21-15-29(25(34)35-26(2,3)4)14-19(21)16-9-7-6-8-10-16/h6-13,19,21H,5,14-15H2,1-4H3,(H,27,31)(H,28,33)/t19-,21+/m0/s1. The summed E-state index contributed by atoms with van der Waals surface area (Å²) >= 11 is 0. The van der Waals surface area contributed by atoms with E-state index >= 15 is 0 Å². The molecule has 1 fully saturated rings. The molecule has 4 rings (SSSR count). The van der Waals surface area contributed by atoms with Gasteiger partial charge in [0.2, 0.25) is 0 Å². The smallest absolute Gasteiger partial charge is 0.410 e. The van der Waals surface area contributed by atoms with Crippen molar-refractivity contribution in [3.63, 3.8) is 0 Å². The number of carbonyl (C=O) groups is 2. The van der Waals surface area contributed by atoms with Gasteiger partial charge < -0.3 is 19.9 Å². The van der Waals surface area contributed by atoms with Gasteiger partial charge in [0.25, 0.3) is 11.5 Å². The van der Waals surface area contributed by atoms with Crippen molar-refractivity contribution >= 4 is 22.9 Å². The zero-order valence-electron chi connectivity index (χ0n) is 20.3. The van der Waals surface area contributed by atoms with Crippen LogP contribution < -0.4 is 16.6 Å². The zero-order valence-corrected chi connectivity index (χ0v) is 20.3. The molecular formula is C26H30N4O5. The molecule has 2 amide bonds. The third-order valence-electron chi connectivity index (χ3n) is 6.08. The molecule has 9 nitrogen and oxygen atoms in total. The van der Waals surface area contributed by atoms with E-state index in [0.29, 0.717) is 29.6 Å². The highest BCUT2D eigenvalue weighted by atomic mass is 16.6. The number of aromatic nitrogens is 2. The Labute approximate surface area is 202 Å². The molecule has 0 radical (unpaired) electrons. The molecule has 0 bridgehead atoms. The molecule has 1 aromatic heterocycles. The summed E-state index contributed by atoms with van der Waals surface area (Å²) < 4.78 is 6.65. The SMILES string of the molecule is CCn1c(=O)[nH]c2cc(C(=O)N[C@@H]3CN(C(=O)OC(C)(C)C)C[C@H]3c3ccccc3)ccc2c1=O. The van der Waals surface area contributed by atoms with E-state index < -0.39 is 22.9 Å². The van der Waals surface area contributed by atoms with E-state index in [-0.39, 0.29) is 24.4 Å². The number of benzene rings is 2. The Balaban J connectivity index is 1.60. The number of nitrogens with zero attached hydrogens (tertiary/aromatic N) is 2. The van der Waals surface area contributed by atoms with Crippen LogP contribution in [0.5, 0.6) is 0 Å². The fraction of sp³-hybridized carbons (Fsp3) is 0.385. The van der Waals surface area contributed by atoms with Crippen molar-refractivity contribution in [1.82, 2.24) is 19.8 Å². The van der Waals surface area contributed by atoms with Gasteiger partial charge in [-0.25, -0.2) is 9.59 Å². The van der Waals surface area contributed by atoms with Crippen LogP contribution in [0.15, 0.2) is 58.1 Å². The predicted molar refractivity (Wildman–Crippen MR) is 133 cm³/mol. The summed E-state index contributed by atoms with van der Waals surface area (Å²) in [6.07, 6.45) is -0.425. The summed E-state index contributed by atoms with van der Waals surface area (Å²) in [5.41, 5.74) is 0.0792. The van der Waals surface area contributed by atoms with Crippen LogP contribution in [0, 0.1) is 0 Å². The number of amides is 2. The van der Waals surface area contributed by atoms with Gasteiger partial charge in [0.15, 0.2) is 0 Å². The minimum absolute atomic E-state index is 0.121. The Morgan fingerprint density at radius 2 is 1.80 bits per heavy atom. The third-order valence-corrected chi connectivity index (χ3v) is 6.08. The van der Waals surface area contributed by atoms with Crippen LogP contribution in [0.25, 0.3) is 10.9 Å². The molecule has 1 saturated heterocycles. The molecule has 9 heteroatoms. The summed E-state index contributed by atoms with van der Waals surface area (Å²) in [6.45, 7) is 8.12. The van der Waals surface area contributed by atoms with Gasteiger partial charge >= 0.3 is 11.8 Å². The van der Waals surface area contributed by atoms with Gasteiger partial charge in [0.05, 0.1) is 16.9 Å². The predicted octanol–water partition coefficient (Wildman–Crippen LogP) is 2.84. The monoisotopic (exact) mass is 478 g/mol. The Hall–Kier alpha value is -3.88. The zero-order chi connectivity index (χ0) is 25.3. The average Bonchev–Trinajstić information content (AvgIpc) is 3.22. The molecule has 0 unspecified atom stereocenters. The van der Waals surface area contributed by atoms with E-state index in [1.165, 1.54) is 6.07 Å². The highest BCUT2D eigenvalue weighted by Crippen LogP contribution is 2.29. The molecule has 0 saturated carbocycles. The number of ether oxygens (including phenoxy) is 1. The summed E-state index contributed by atoms with van der Waals surface area (Å²) in [4.78, 5) is 54.9. The van der Waals surface area contributed by atoms with Gasteiger partial charge in [-0.1, -0.05) is 30.3 Å². The van der Waals surface area contributed by atoms with Crippen molar-refractivity contribution in [2.24, 2.45) is 0 Å². The Morgan fingerprint density at radius 1 is 1.09 bits per heavy atom. The van der Waals surface area contributed by atoms with Crippen LogP contribution in [0.1, 0.15) is 49.5 Å². The molecule has 2 atom stereocenters. The van der Waals surface area contributed by atoms with Crippen molar-refractivity contribution in [3.8, 4) is 0 Å². The highest BCUT2D eigenvalue weighted by Gasteiger charge is 2.38. The van der Waals surface area contributed by atoms with Crippen LogP contribution in [-0.4, -0.2) is 51.2 Å². The molecular weight excluding hydrogens is 448 g/mol. The summed E-state index contributed by atoms with van der Waals surface area (Å²) in [6, 6.07) is 14.0. The first kappa shape index (κ1) is 24.3. The number of nitrogens with one attached hydrogen (secondary N) is 2. The van der Waals surface area contributed by atoms with Crippen molar-refractivity contribution < 1.29 is 14.3 Å². The van der Waals surface area contributed by atoms with Gasteiger partial charge in [-0.05, 0) is 51.5 Å². The third kappa shape index (κ3) is 5.13. The number of likely N-dealkylation sites (tertiary alicyclic amines) is 1. The molecule has 0 aliphatic carbocycles. The molecule has 184 valence electrons. The minimum atomic E-state index is -0.626. The van der Waals surface area contributed by atoms with Crippen molar-refractivity contribution in [2.45, 2.75) is 51.8 Å². The lowest BCUT2D eigenvalue weighted by molar-refractivity contribution is 0.0288. The molecule has 2 heterocycles. The van der Waals surface area contributed by atoms with Crippen molar-refractivity contribution in [1.29, 1.82) is 0 Å². The lowest BCUT2D eigenvalue weighted by Crippen LogP contribution is -2.41. The van der Waals surface area contributed by atoms with Gasteiger partial charge in [-0.15, -0.1) is 0 Å². The number of carbonyl (C=O) groups excluding carboxylic acids is 2. The first-order valence-corrected chi connectivity index (χ1v) is 11.7. The van der Waals surface area contributed by atoms with Gasteiger partial charge in [-0.3, -0.25) is 14.2 Å². The van der Waals surface area contributed by atoms with Gasteiger partial charge in [-0.2, -0.15) is 0 Å². The van der Waals surface area contributed by atoms with Crippen molar-refractivity contribution in [2.75, 3.05) is 13.1 Å². The number of rotatable bonds is 4. The number of H-pyrrole nitrogens is 1. The molecule has 35 heavy (non-hydrogen) atoms. The summed E-state index contributed by atoms with van der Waals surface area (Å²) in [5, 5.41) is 3.38. The number of aromatic amines is 1. The van der Waals surface area contributed by atoms with Crippen LogP contribution in [-0.2, 0) is 11.3 Å². The number of fused-ring (bicyclic) bond motifs is 1. The maximum absolute atomic E-state index is 13.2. The highest BCUT2D eigenvalue weighted by molar-refractivity contribution is 5.98. The molecule has 3 aromatic rings. The summed E-state index contributed by atoms with van der Waals surface area (Å²) in [7, 11) is 0. The number of hydrogen-bond acceptors (Lipinski definition) is 5. The molecule has 2 aromatic carbocycles. The second-order valence-corrected chi connectivity index (χ2v) is 9.72. The maximum atomic E-state index is 13.2. The Morgan fingerprint density at radius 3 is 2.46 bits per heavy atom. The minimum Gasteiger partial charge on any atom is -0.444 e. The average molecular weight is 479 g/mol. The van der Waals surface area contributed by atoms with Crippen LogP contribution in [0.3, 0.4) is 0 Å². The first-order chi connectivity index (χ1) is 16.6. The lowest BCUT2D eigenvalue weighted by atomic mass is 9.94. The quantitative estimate of drug-likeness (QED) is 0.599. The largest absolute Gasteiger partial charge is 0.444 e. The molecule has 1 aliphatic rings. The van der Waals surface area contributed by atoms with E-state index in [1.54, 1.807) is 24.0 Å². The fourth-order valence-electron chi connectivity index (χ4n) is 4.40. The second-order valence-electron chi connectivity index (χ2n) is 9.72. The maximum Gasteiger partial charge on any atom is 0.410 e. The van der Waals surface area contributed by atoms with Crippen LogP contribution in [0.2, 0.25) is 0 Å². The van der Waals surface area contributed by atoms with Crippen LogP contribution >= 0.6 is 0 Å². The van der Waals surface area contributed by atoms with E-state index in [9.17, 15) is 19.2 Å². The van der Waals surface area contributed by atoms with E-state index in [1.807, 2.05) is 51.1 Å². The normalized spacial score (nSPS) is 18.0. The topological polar surface area (TPSA) is 114 Å².